The molecule has 0 spiro atoms. The summed E-state index contributed by atoms with van der Waals surface area (Å²) in [7, 11) is 0. The number of fused-ring (bicyclic) bond motifs is 1. The lowest BCUT2D eigenvalue weighted by atomic mass is 9.55. The van der Waals surface area contributed by atoms with E-state index in [9.17, 15) is 4.79 Å². The maximum atomic E-state index is 12.8. The Bertz CT molecular complexity index is 1090. The van der Waals surface area contributed by atoms with Gasteiger partial charge in [-0.3, -0.25) is 4.79 Å². The Hall–Kier alpha value is -3.15. The molecule has 2 aromatic carbocycles. The van der Waals surface area contributed by atoms with Crippen LogP contribution in [0, 0.1) is 23.7 Å². The molecule has 1 heterocycles. The van der Waals surface area contributed by atoms with E-state index in [1.807, 2.05) is 53.4 Å². The van der Waals surface area contributed by atoms with Crippen LogP contribution in [0.4, 0.5) is 5.69 Å². The Morgan fingerprint density at radius 1 is 1.00 bits per heavy atom. The summed E-state index contributed by atoms with van der Waals surface area (Å²) in [5, 5.41) is 0. The maximum Gasteiger partial charge on any atom is 0.247 e. The van der Waals surface area contributed by atoms with Gasteiger partial charge in [-0.05, 0) is 86.1 Å². The van der Waals surface area contributed by atoms with Gasteiger partial charge in [0.2, 0.25) is 5.91 Å². The number of para-hydroxylation sites is 1. The molecule has 5 aliphatic rings. The lowest BCUT2D eigenvalue weighted by molar-refractivity contribution is -0.118. The van der Waals surface area contributed by atoms with Crippen molar-refractivity contribution in [1.29, 1.82) is 0 Å². The van der Waals surface area contributed by atoms with Gasteiger partial charge in [-0.15, -0.1) is 0 Å². The van der Waals surface area contributed by atoms with Gasteiger partial charge in [0, 0.05) is 30.8 Å². The molecule has 0 aromatic heterocycles. The van der Waals surface area contributed by atoms with E-state index >= 15 is 0 Å². The van der Waals surface area contributed by atoms with Crippen molar-refractivity contribution in [2.24, 2.45) is 39.4 Å². The number of carbonyl (C=O) groups is 1. The number of rotatable bonds is 5. The van der Waals surface area contributed by atoms with E-state index in [1.165, 1.54) is 37.8 Å². The van der Waals surface area contributed by atoms with E-state index < -0.39 is 0 Å². The summed E-state index contributed by atoms with van der Waals surface area (Å²) in [5.74, 6) is 4.86. The van der Waals surface area contributed by atoms with Gasteiger partial charge in [-0.25, -0.2) is 9.98 Å². The zero-order valence-electron chi connectivity index (χ0n) is 18.8. The number of amides is 1. The number of aliphatic imine (C=N–C) groups is 2. The molecule has 1 amide bonds. The standard InChI is InChI=1S/C27H30N4O2/c28-27-29-24-7-6-23(33-22-4-2-1-3-5-22)15-21(24)16-31(27)9-8-25(32)30-26-19-11-17-10-18(13-19)14-20(26)12-17/h1-7,15,17-20H,8-14,16H2,(H2,28,29). The van der Waals surface area contributed by atoms with Gasteiger partial charge in [0.25, 0.3) is 0 Å². The Kier molecular flexibility index (Phi) is 5.16. The number of hydrogen-bond acceptors (Lipinski definition) is 5. The van der Waals surface area contributed by atoms with Crippen LogP contribution in [-0.2, 0) is 11.3 Å². The molecule has 2 N–H and O–H groups in total. The van der Waals surface area contributed by atoms with Gasteiger partial charge < -0.3 is 15.4 Å². The second-order valence-corrected chi connectivity index (χ2v) is 10.1. The predicted octanol–water partition coefficient (Wildman–Crippen LogP) is 5.05. The van der Waals surface area contributed by atoms with Gasteiger partial charge >= 0.3 is 0 Å². The third-order valence-electron chi connectivity index (χ3n) is 7.77. The van der Waals surface area contributed by atoms with Crippen LogP contribution in [0.1, 0.15) is 44.1 Å². The molecule has 4 fully saturated rings. The molecule has 0 unspecified atom stereocenters. The lowest BCUT2D eigenvalue weighted by Crippen LogP contribution is -2.46. The zero-order valence-corrected chi connectivity index (χ0v) is 18.8. The molecule has 0 saturated heterocycles. The Labute approximate surface area is 194 Å². The molecule has 0 atom stereocenters. The summed E-state index contributed by atoms with van der Waals surface area (Å²) in [5.41, 5.74) is 9.32. The van der Waals surface area contributed by atoms with E-state index in [2.05, 4.69) is 9.98 Å². The number of carbonyl (C=O) groups excluding carboxylic acids is 1. The second kappa shape index (κ2) is 8.32. The minimum Gasteiger partial charge on any atom is -0.457 e. The summed E-state index contributed by atoms with van der Waals surface area (Å²) < 4.78 is 5.97. The van der Waals surface area contributed by atoms with Crippen LogP contribution in [0.3, 0.4) is 0 Å². The Morgan fingerprint density at radius 2 is 1.73 bits per heavy atom. The largest absolute Gasteiger partial charge is 0.457 e. The molecule has 4 aliphatic carbocycles. The Morgan fingerprint density at radius 3 is 2.45 bits per heavy atom. The second-order valence-electron chi connectivity index (χ2n) is 10.1. The van der Waals surface area contributed by atoms with Gasteiger partial charge in [-0.1, -0.05) is 18.2 Å². The monoisotopic (exact) mass is 442 g/mol. The third kappa shape index (κ3) is 4.14. The van der Waals surface area contributed by atoms with E-state index in [4.69, 9.17) is 10.5 Å². The predicted molar refractivity (Wildman–Crippen MR) is 129 cm³/mol. The highest BCUT2D eigenvalue weighted by Crippen LogP contribution is 2.52. The topological polar surface area (TPSA) is 80.3 Å². The molecule has 170 valence electrons. The van der Waals surface area contributed by atoms with E-state index in [-0.39, 0.29) is 5.91 Å². The third-order valence-corrected chi connectivity index (χ3v) is 7.77. The normalized spacial score (nSPS) is 27.2. The smallest absolute Gasteiger partial charge is 0.247 e. The first-order valence-corrected chi connectivity index (χ1v) is 12.2. The van der Waals surface area contributed by atoms with Crippen molar-refractivity contribution < 1.29 is 9.53 Å². The van der Waals surface area contributed by atoms with Gasteiger partial charge in [-0.2, -0.15) is 0 Å². The lowest BCUT2D eigenvalue weighted by Gasteiger charge is -2.50. The average molecular weight is 443 g/mol. The minimum atomic E-state index is -0.0165. The van der Waals surface area contributed by atoms with Crippen LogP contribution in [0.15, 0.2) is 58.5 Å². The van der Waals surface area contributed by atoms with Crippen molar-refractivity contribution in [3.8, 4) is 11.5 Å². The summed E-state index contributed by atoms with van der Waals surface area (Å²) in [6.07, 6.45) is 6.75. The average Bonchev–Trinajstić information content (AvgIpc) is 2.80. The number of hydrogen-bond donors (Lipinski definition) is 1. The minimum absolute atomic E-state index is 0.0165. The summed E-state index contributed by atoms with van der Waals surface area (Å²) in [4.78, 5) is 23.9. The first kappa shape index (κ1) is 20.5. The highest BCUT2D eigenvalue weighted by atomic mass is 16.5. The Balaban J connectivity index is 1.10. The highest BCUT2D eigenvalue weighted by Gasteiger charge is 2.46. The highest BCUT2D eigenvalue weighted by molar-refractivity contribution is 5.99. The summed E-state index contributed by atoms with van der Waals surface area (Å²) in [6.45, 7) is 1.13. The summed E-state index contributed by atoms with van der Waals surface area (Å²) in [6, 6.07) is 15.6. The van der Waals surface area contributed by atoms with Crippen molar-refractivity contribution in [3.05, 3.63) is 54.1 Å². The van der Waals surface area contributed by atoms with Crippen molar-refractivity contribution in [1.82, 2.24) is 4.90 Å². The first-order chi connectivity index (χ1) is 16.1. The van der Waals surface area contributed by atoms with Crippen molar-refractivity contribution in [2.75, 3.05) is 6.54 Å². The van der Waals surface area contributed by atoms with Crippen LogP contribution in [-0.4, -0.2) is 29.0 Å². The van der Waals surface area contributed by atoms with Crippen LogP contribution >= 0.6 is 0 Å². The molecular formula is C27H30N4O2. The van der Waals surface area contributed by atoms with E-state index in [0.29, 0.717) is 37.3 Å². The molecule has 33 heavy (non-hydrogen) atoms. The van der Waals surface area contributed by atoms with Crippen LogP contribution < -0.4 is 10.5 Å². The summed E-state index contributed by atoms with van der Waals surface area (Å²) >= 11 is 0. The van der Waals surface area contributed by atoms with Crippen molar-refractivity contribution >= 4 is 23.3 Å². The van der Waals surface area contributed by atoms with Crippen molar-refractivity contribution in [2.45, 2.75) is 45.1 Å². The SMILES string of the molecule is NC1=Nc2ccc(Oc3ccccc3)cc2CN1CCC(=O)N=C1C2CC3CC(C2)CC1C3. The quantitative estimate of drug-likeness (QED) is 0.702. The van der Waals surface area contributed by atoms with Crippen LogP contribution in [0.25, 0.3) is 0 Å². The maximum absolute atomic E-state index is 12.8. The first-order valence-electron chi connectivity index (χ1n) is 12.2. The van der Waals surface area contributed by atoms with Gasteiger partial charge in [0.1, 0.15) is 11.5 Å². The van der Waals surface area contributed by atoms with Crippen LogP contribution in [0.2, 0.25) is 0 Å². The zero-order chi connectivity index (χ0) is 22.4. The number of benzene rings is 2. The van der Waals surface area contributed by atoms with Crippen LogP contribution in [0.5, 0.6) is 11.5 Å². The molecule has 7 rings (SSSR count). The number of nitrogens with two attached hydrogens (primary N) is 1. The fourth-order valence-electron chi connectivity index (χ4n) is 6.44. The fourth-order valence-corrected chi connectivity index (χ4v) is 6.44. The fraction of sp³-hybridized carbons (Fsp3) is 0.444. The van der Waals surface area contributed by atoms with Gasteiger partial charge in [0.05, 0.1) is 5.69 Å². The van der Waals surface area contributed by atoms with E-state index in [0.717, 1.165) is 34.6 Å². The number of guanidine groups is 1. The number of nitrogens with zero attached hydrogens (tertiary/aromatic N) is 3. The molecule has 4 saturated carbocycles. The molecule has 0 radical (unpaired) electrons. The molecule has 1 aliphatic heterocycles. The molecule has 4 bridgehead atoms. The van der Waals surface area contributed by atoms with Gasteiger partial charge in [0.15, 0.2) is 5.96 Å². The van der Waals surface area contributed by atoms with Crippen molar-refractivity contribution in [3.63, 3.8) is 0 Å². The molecular weight excluding hydrogens is 412 g/mol. The van der Waals surface area contributed by atoms with E-state index in [1.54, 1.807) is 0 Å². The number of ether oxygens (including phenoxy) is 1. The molecule has 6 nitrogen and oxygen atoms in total. The molecule has 2 aromatic rings. The molecule has 6 heteroatoms.